The van der Waals surface area contributed by atoms with Crippen molar-refractivity contribution in [2.45, 2.75) is 39.2 Å². The molecule has 1 aromatic carbocycles. The van der Waals surface area contributed by atoms with Gasteiger partial charge in [0.05, 0.1) is 24.8 Å². The van der Waals surface area contributed by atoms with E-state index in [1.807, 2.05) is 0 Å². The summed E-state index contributed by atoms with van der Waals surface area (Å²) in [5.41, 5.74) is 3.11. The summed E-state index contributed by atoms with van der Waals surface area (Å²) in [6.45, 7) is 4.94. The number of halogens is 1. The van der Waals surface area contributed by atoms with Crippen molar-refractivity contribution in [3.63, 3.8) is 0 Å². The number of rotatable bonds is 7. The summed E-state index contributed by atoms with van der Waals surface area (Å²) in [4.78, 5) is 38.7. The molecule has 3 heterocycles. The molecule has 0 unspecified atom stereocenters. The second-order valence-corrected chi connectivity index (χ2v) is 9.23. The van der Waals surface area contributed by atoms with Crippen LogP contribution in [0.2, 0.25) is 0 Å². The lowest BCUT2D eigenvalue weighted by molar-refractivity contribution is -0.127. The molecule has 9 nitrogen and oxygen atoms in total. The van der Waals surface area contributed by atoms with Gasteiger partial charge in [0.15, 0.2) is 11.6 Å². The molecule has 0 bridgehead atoms. The molecule has 2 N–H and O–H groups in total. The number of carbonyl (C=O) groups excluding carboxylic acids is 2. The molecule has 1 aliphatic carbocycles. The molecule has 1 atom stereocenters. The lowest BCUT2D eigenvalue weighted by Crippen LogP contribution is -2.38. The Morgan fingerprint density at radius 1 is 1.23 bits per heavy atom. The third-order valence-electron chi connectivity index (χ3n) is 6.65. The molecule has 2 aromatic heterocycles. The van der Waals surface area contributed by atoms with Crippen LogP contribution >= 0.6 is 0 Å². The van der Waals surface area contributed by atoms with Crippen molar-refractivity contribution in [1.82, 2.24) is 25.2 Å². The molecule has 1 aliphatic heterocycles. The van der Waals surface area contributed by atoms with Crippen LogP contribution in [0.1, 0.15) is 42.2 Å². The fraction of sp³-hybridized carbons (Fsp3) is 0.440. The molecule has 3 aromatic rings. The molecule has 1 saturated carbocycles. The van der Waals surface area contributed by atoms with E-state index in [0.717, 1.165) is 12.8 Å². The Hall–Kier alpha value is -3.69. The summed E-state index contributed by atoms with van der Waals surface area (Å²) in [6.07, 6.45) is 4.29. The van der Waals surface area contributed by atoms with Crippen molar-refractivity contribution in [2.24, 2.45) is 5.92 Å². The first-order valence-electron chi connectivity index (χ1n) is 11.8. The lowest BCUT2D eigenvalue weighted by Gasteiger charge is -2.15. The van der Waals surface area contributed by atoms with Crippen molar-refractivity contribution in [3.8, 4) is 22.8 Å². The number of H-pyrrole nitrogens is 1. The Morgan fingerprint density at radius 3 is 2.71 bits per heavy atom. The van der Waals surface area contributed by atoms with E-state index in [4.69, 9.17) is 9.47 Å². The van der Waals surface area contributed by atoms with Gasteiger partial charge in [0.1, 0.15) is 23.3 Å². The standard InChI is InChI=1S/C25H28FN5O4/c1-13-21(25(33)30-16-6-7-31(10-16)14(2)32)23-24(29-13)22(27-12-28-23)17-8-20(34-3)18(26)9-19(17)35-11-15-4-5-15/h8-9,12,15-16,29H,4-7,10-11H2,1-3H3,(H,30,33)/t16-/m1/s1. The van der Waals surface area contributed by atoms with E-state index in [-0.39, 0.29) is 23.6 Å². The van der Waals surface area contributed by atoms with Gasteiger partial charge < -0.3 is 24.7 Å². The lowest BCUT2D eigenvalue weighted by atomic mass is 10.1. The molecule has 2 aliphatic rings. The Morgan fingerprint density at radius 2 is 2.03 bits per heavy atom. The summed E-state index contributed by atoms with van der Waals surface area (Å²) in [6, 6.07) is 2.75. The third-order valence-corrected chi connectivity index (χ3v) is 6.65. The van der Waals surface area contributed by atoms with Crippen LogP contribution in [0.3, 0.4) is 0 Å². The van der Waals surface area contributed by atoms with Crippen LogP contribution in [0.15, 0.2) is 18.5 Å². The van der Waals surface area contributed by atoms with Gasteiger partial charge in [-0.2, -0.15) is 0 Å². The zero-order chi connectivity index (χ0) is 24.7. The van der Waals surface area contributed by atoms with Crippen LogP contribution in [0.5, 0.6) is 11.5 Å². The van der Waals surface area contributed by atoms with Gasteiger partial charge in [-0.15, -0.1) is 0 Å². The minimum Gasteiger partial charge on any atom is -0.494 e. The summed E-state index contributed by atoms with van der Waals surface area (Å²) >= 11 is 0. The van der Waals surface area contributed by atoms with Gasteiger partial charge in [-0.05, 0) is 38.2 Å². The number of hydrogen-bond donors (Lipinski definition) is 2. The molecule has 0 spiro atoms. The number of fused-ring (bicyclic) bond motifs is 1. The largest absolute Gasteiger partial charge is 0.494 e. The van der Waals surface area contributed by atoms with Gasteiger partial charge in [-0.1, -0.05) is 0 Å². The van der Waals surface area contributed by atoms with E-state index in [1.54, 1.807) is 17.9 Å². The Balaban J connectivity index is 1.51. The van der Waals surface area contributed by atoms with Gasteiger partial charge >= 0.3 is 0 Å². The second-order valence-electron chi connectivity index (χ2n) is 9.23. The minimum atomic E-state index is -0.522. The van der Waals surface area contributed by atoms with Crippen LogP contribution in [-0.2, 0) is 4.79 Å². The van der Waals surface area contributed by atoms with Crippen molar-refractivity contribution in [3.05, 3.63) is 35.5 Å². The zero-order valence-electron chi connectivity index (χ0n) is 20.0. The molecule has 10 heteroatoms. The first-order valence-corrected chi connectivity index (χ1v) is 11.8. The zero-order valence-corrected chi connectivity index (χ0v) is 20.0. The van der Waals surface area contributed by atoms with Gasteiger partial charge in [0.2, 0.25) is 5.91 Å². The van der Waals surface area contributed by atoms with Crippen molar-refractivity contribution >= 4 is 22.8 Å². The van der Waals surface area contributed by atoms with Crippen LogP contribution < -0.4 is 14.8 Å². The molecule has 0 radical (unpaired) electrons. The highest BCUT2D eigenvalue weighted by atomic mass is 19.1. The fourth-order valence-electron chi connectivity index (χ4n) is 4.51. The maximum atomic E-state index is 14.5. The van der Waals surface area contributed by atoms with Crippen molar-refractivity contribution in [1.29, 1.82) is 0 Å². The second kappa shape index (κ2) is 9.16. The molecule has 35 heavy (non-hydrogen) atoms. The summed E-state index contributed by atoms with van der Waals surface area (Å²) in [7, 11) is 1.40. The van der Waals surface area contributed by atoms with Crippen LogP contribution in [0.25, 0.3) is 22.3 Å². The molecule has 2 fully saturated rings. The number of carbonyl (C=O) groups is 2. The van der Waals surface area contributed by atoms with Gasteiger partial charge in [0, 0.05) is 43.4 Å². The number of hydrogen-bond acceptors (Lipinski definition) is 6. The number of aromatic amines is 1. The minimum absolute atomic E-state index is 0.00292. The number of nitrogens with one attached hydrogen (secondary N) is 2. The summed E-state index contributed by atoms with van der Waals surface area (Å²) in [5, 5.41) is 3.03. The van der Waals surface area contributed by atoms with E-state index < -0.39 is 5.82 Å². The average Bonchev–Trinajstić information content (AvgIpc) is 3.43. The smallest absolute Gasteiger partial charge is 0.255 e. The van der Waals surface area contributed by atoms with Crippen molar-refractivity contribution < 1.29 is 23.5 Å². The summed E-state index contributed by atoms with van der Waals surface area (Å²) in [5.74, 6) is 0.126. The Kier molecular flexibility index (Phi) is 6.04. The third kappa shape index (κ3) is 4.52. The quantitative estimate of drug-likeness (QED) is 0.536. The molecule has 2 amide bonds. The van der Waals surface area contributed by atoms with Gasteiger partial charge in [-0.3, -0.25) is 9.59 Å². The van der Waals surface area contributed by atoms with Crippen molar-refractivity contribution in [2.75, 3.05) is 26.8 Å². The van der Waals surface area contributed by atoms with Crippen LogP contribution in [0.4, 0.5) is 4.39 Å². The van der Waals surface area contributed by atoms with E-state index in [1.165, 1.54) is 26.4 Å². The van der Waals surface area contributed by atoms with E-state index >= 15 is 0 Å². The molecule has 184 valence electrons. The van der Waals surface area contributed by atoms with Crippen LogP contribution in [0, 0.1) is 18.7 Å². The average molecular weight is 482 g/mol. The summed E-state index contributed by atoms with van der Waals surface area (Å²) < 4.78 is 25.7. The number of aryl methyl sites for hydroxylation is 1. The van der Waals surface area contributed by atoms with Gasteiger partial charge in [0.25, 0.3) is 5.91 Å². The maximum Gasteiger partial charge on any atom is 0.255 e. The first-order chi connectivity index (χ1) is 16.9. The topological polar surface area (TPSA) is 109 Å². The molecular weight excluding hydrogens is 453 g/mol. The highest BCUT2D eigenvalue weighted by Crippen LogP contribution is 2.39. The van der Waals surface area contributed by atoms with E-state index in [2.05, 4.69) is 20.3 Å². The number of likely N-dealkylation sites (tertiary alicyclic amines) is 1. The van der Waals surface area contributed by atoms with Gasteiger partial charge in [-0.25, -0.2) is 14.4 Å². The predicted molar refractivity (Wildman–Crippen MR) is 127 cm³/mol. The van der Waals surface area contributed by atoms with E-state index in [9.17, 15) is 14.0 Å². The Bertz CT molecular complexity index is 1300. The number of ether oxygens (including phenoxy) is 2. The fourth-order valence-corrected chi connectivity index (χ4v) is 4.51. The number of amides is 2. The monoisotopic (exact) mass is 481 g/mol. The highest BCUT2D eigenvalue weighted by molar-refractivity contribution is 6.09. The number of benzene rings is 1. The number of nitrogens with zero attached hydrogens (tertiary/aromatic N) is 3. The maximum absolute atomic E-state index is 14.5. The number of methoxy groups -OCH3 is 1. The predicted octanol–water partition coefficient (Wildman–Crippen LogP) is 3.22. The molecular formula is C25H28FN5O4. The molecule has 5 rings (SSSR count). The Labute approximate surface area is 202 Å². The van der Waals surface area contributed by atoms with E-state index in [0.29, 0.717) is 71.3 Å². The normalized spacial score (nSPS) is 17.6. The van der Waals surface area contributed by atoms with Crippen LogP contribution in [-0.4, -0.2) is 64.5 Å². The first kappa shape index (κ1) is 23.1. The number of aromatic nitrogens is 3. The SMILES string of the molecule is COc1cc(-c2ncnc3c(C(=O)N[C@@H]4CCN(C(C)=O)C4)c(C)[nH]c23)c(OCC2CC2)cc1F. The molecule has 1 saturated heterocycles. The highest BCUT2D eigenvalue weighted by Gasteiger charge is 2.29.